The number of aliphatic carboxylic acids is 2. The van der Waals surface area contributed by atoms with Gasteiger partial charge in [0.2, 0.25) is 0 Å². The van der Waals surface area contributed by atoms with Crippen LogP contribution in [0, 0.1) is 17.8 Å². The van der Waals surface area contributed by atoms with Crippen LogP contribution in [0.15, 0.2) is 0 Å². The number of hydrogen-bond donors (Lipinski definition) is 3. The van der Waals surface area contributed by atoms with Crippen molar-refractivity contribution < 1.29 is 19.8 Å². The van der Waals surface area contributed by atoms with Crippen LogP contribution in [0.4, 0.5) is 0 Å². The first kappa shape index (κ1) is 14.5. The van der Waals surface area contributed by atoms with E-state index < -0.39 is 29.8 Å². The maximum Gasteiger partial charge on any atom is 0.320 e. The summed E-state index contributed by atoms with van der Waals surface area (Å²) in [6.45, 7) is 0. The highest BCUT2D eigenvalue weighted by atomic mass is 35.5. The zero-order valence-electron chi connectivity index (χ0n) is 7.80. The zero-order valence-corrected chi connectivity index (χ0v) is 9.37. The Balaban J connectivity index is 0.00000196. The molecule has 0 saturated heterocycles. The number of carbonyl (C=O) groups is 2. The van der Waals surface area contributed by atoms with Gasteiger partial charge in [-0.25, -0.2) is 0 Å². The molecular weight excluding hydrogens is 245 g/mol. The highest BCUT2D eigenvalue weighted by Crippen LogP contribution is 2.50. The van der Waals surface area contributed by atoms with Gasteiger partial charge in [0.15, 0.2) is 0 Å². The minimum atomic E-state index is -1.15. The average Bonchev–Trinajstić information content (AvgIpc) is 2.78. The molecule has 0 bridgehead atoms. The number of rotatable bonds is 5. The Labute approximate surface area is 98.0 Å². The quantitative estimate of drug-likeness (QED) is 0.619. The summed E-state index contributed by atoms with van der Waals surface area (Å²) in [6, 6.07) is -1.09. The maximum absolute atomic E-state index is 10.7. The lowest BCUT2D eigenvalue weighted by Gasteiger charge is -2.03. The second kappa shape index (κ2) is 5.53. The molecule has 4 atom stereocenters. The molecule has 15 heavy (non-hydrogen) atoms. The summed E-state index contributed by atoms with van der Waals surface area (Å²) in [6.07, 6.45) is 0.504. The Hall–Kier alpha value is -0.520. The molecule has 4 N–H and O–H groups in total. The largest absolute Gasteiger partial charge is 0.481 e. The maximum atomic E-state index is 10.7. The molecule has 0 amide bonds. The second-order valence-corrected chi connectivity index (χ2v) is 3.82. The Morgan fingerprint density at radius 1 is 1.40 bits per heavy atom. The molecule has 1 aliphatic carbocycles. The number of carboxylic acid groups (broad SMARTS) is 2. The van der Waals surface area contributed by atoms with Crippen LogP contribution in [0.1, 0.15) is 6.42 Å². The third-order valence-corrected chi connectivity index (χ3v) is 2.88. The first-order valence-corrected chi connectivity index (χ1v) is 4.81. The number of hydrogen-bond acceptors (Lipinski definition) is 3. The van der Waals surface area contributed by atoms with E-state index >= 15 is 0 Å². The lowest BCUT2D eigenvalue weighted by atomic mass is 10.1. The summed E-state index contributed by atoms with van der Waals surface area (Å²) < 4.78 is 0. The van der Waals surface area contributed by atoms with E-state index in [0.717, 1.165) is 0 Å². The minimum absolute atomic E-state index is 0. The molecule has 1 rings (SSSR count). The SMILES string of the molecule is Cl.NC(C(=O)O)C1C(CCCl)C1C(=O)O. The highest BCUT2D eigenvalue weighted by Gasteiger charge is 2.58. The summed E-state index contributed by atoms with van der Waals surface area (Å²) in [5.74, 6) is -3.10. The molecule has 0 aliphatic heterocycles. The Morgan fingerprint density at radius 2 is 1.93 bits per heavy atom. The van der Waals surface area contributed by atoms with Gasteiger partial charge < -0.3 is 15.9 Å². The third kappa shape index (κ3) is 2.96. The van der Waals surface area contributed by atoms with Crippen LogP contribution in [0.25, 0.3) is 0 Å². The number of carboxylic acids is 2. The van der Waals surface area contributed by atoms with Crippen molar-refractivity contribution in [2.75, 3.05) is 5.88 Å². The van der Waals surface area contributed by atoms with Crippen LogP contribution < -0.4 is 5.73 Å². The molecule has 4 unspecified atom stereocenters. The molecule has 0 heterocycles. The fraction of sp³-hybridized carbons (Fsp3) is 0.750. The van der Waals surface area contributed by atoms with Gasteiger partial charge in [0, 0.05) is 11.8 Å². The van der Waals surface area contributed by atoms with Crippen molar-refractivity contribution in [3.63, 3.8) is 0 Å². The second-order valence-electron chi connectivity index (χ2n) is 3.45. The van der Waals surface area contributed by atoms with Gasteiger partial charge in [0.1, 0.15) is 6.04 Å². The van der Waals surface area contributed by atoms with Gasteiger partial charge in [0.05, 0.1) is 5.92 Å². The summed E-state index contributed by atoms with van der Waals surface area (Å²) in [7, 11) is 0. The van der Waals surface area contributed by atoms with Crippen molar-refractivity contribution in [2.24, 2.45) is 23.5 Å². The molecule has 0 radical (unpaired) electrons. The van der Waals surface area contributed by atoms with Crippen LogP contribution in [-0.2, 0) is 9.59 Å². The van der Waals surface area contributed by atoms with Crippen LogP contribution in [0.5, 0.6) is 0 Å². The van der Waals surface area contributed by atoms with Crippen LogP contribution in [0.2, 0.25) is 0 Å². The average molecular weight is 258 g/mol. The van der Waals surface area contributed by atoms with Crippen LogP contribution >= 0.6 is 24.0 Å². The molecule has 5 nitrogen and oxygen atoms in total. The first-order valence-electron chi connectivity index (χ1n) is 4.27. The van der Waals surface area contributed by atoms with E-state index in [1.165, 1.54) is 0 Å². The molecule has 0 aromatic heterocycles. The van der Waals surface area contributed by atoms with Crippen LogP contribution in [-0.4, -0.2) is 34.1 Å². The third-order valence-electron chi connectivity index (χ3n) is 2.66. The summed E-state index contributed by atoms with van der Waals surface area (Å²) >= 11 is 5.47. The molecule has 1 saturated carbocycles. The lowest BCUT2D eigenvalue weighted by molar-refractivity contribution is -0.140. The fourth-order valence-electron chi connectivity index (χ4n) is 1.90. The number of halogens is 2. The lowest BCUT2D eigenvalue weighted by Crippen LogP contribution is -2.34. The molecule has 88 valence electrons. The molecule has 0 aromatic carbocycles. The van der Waals surface area contributed by atoms with E-state index in [1.807, 2.05) is 0 Å². The van der Waals surface area contributed by atoms with Gasteiger partial charge in [0.25, 0.3) is 0 Å². The van der Waals surface area contributed by atoms with Crippen molar-refractivity contribution >= 4 is 35.9 Å². The molecular formula is C8H13Cl2NO4. The van der Waals surface area contributed by atoms with Crippen molar-refractivity contribution in [1.29, 1.82) is 0 Å². The van der Waals surface area contributed by atoms with E-state index in [9.17, 15) is 9.59 Å². The van der Waals surface area contributed by atoms with E-state index in [4.69, 9.17) is 27.5 Å². The van der Waals surface area contributed by atoms with Gasteiger partial charge in [-0.1, -0.05) is 0 Å². The molecule has 1 fully saturated rings. The van der Waals surface area contributed by atoms with Gasteiger partial charge in [-0.2, -0.15) is 0 Å². The summed E-state index contributed by atoms with van der Waals surface area (Å²) in [5, 5.41) is 17.4. The van der Waals surface area contributed by atoms with Crippen molar-refractivity contribution in [1.82, 2.24) is 0 Å². The Kier molecular flexibility index (Phi) is 5.34. The van der Waals surface area contributed by atoms with E-state index in [1.54, 1.807) is 0 Å². The standard InChI is InChI=1S/C8H12ClNO4.ClH/c9-2-1-3-4(5(3)7(11)12)6(10)8(13)14;/h3-6H,1-2,10H2,(H,11,12)(H,13,14);1H. The predicted octanol–water partition coefficient (Wildman–Crippen LogP) is 0.396. The van der Waals surface area contributed by atoms with Crippen molar-refractivity contribution in [3.8, 4) is 0 Å². The van der Waals surface area contributed by atoms with E-state index in [2.05, 4.69) is 0 Å². The molecule has 1 aliphatic rings. The van der Waals surface area contributed by atoms with Gasteiger partial charge in [-0.3, -0.25) is 9.59 Å². The van der Waals surface area contributed by atoms with Gasteiger partial charge in [-0.15, -0.1) is 24.0 Å². The van der Waals surface area contributed by atoms with E-state index in [0.29, 0.717) is 12.3 Å². The van der Waals surface area contributed by atoms with Crippen LogP contribution in [0.3, 0.4) is 0 Å². The van der Waals surface area contributed by atoms with Crippen molar-refractivity contribution in [2.45, 2.75) is 12.5 Å². The van der Waals surface area contributed by atoms with Gasteiger partial charge >= 0.3 is 11.9 Å². The monoisotopic (exact) mass is 257 g/mol. The summed E-state index contributed by atoms with van der Waals surface area (Å²) in [4.78, 5) is 21.2. The molecule has 0 spiro atoms. The molecule has 7 heteroatoms. The predicted molar refractivity (Wildman–Crippen MR) is 56.3 cm³/mol. The van der Waals surface area contributed by atoms with E-state index in [-0.39, 0.29) is 18.3 Å². The minimum Gasteiger partial charge on any atom is -0.481 e. The number of alkyl halides is 1. The zero-order chi connectivity index (χ0) is 10.9. The topological polar surface area (TPSA) is 101 Å². The van der Waals surface area contributed by atoms with Crippen molar-refractivity contribution in [3.05, 3.63) is 0 Å². The number of nitrogens with two attached hydrogens (primary N) is 1. The highest BCUT2D eigenvalue weighted by molar-refractivity contribution is 6.17. The fourth-order valence-corrected chi connectivity index (χ4v) is 2.15. The Morgan fingerprint density at radius 3 is 2.27 bits per heavy atom. The Bertz CT molecular complexity index is 261. The molecule has 0 aromatic rings. The normalized spacial score (nSPS) is 30.1. The summed E-state index contributed by atoms with van der Waals surface area (Å²) in [5.41, 5.74) is 5.36. The smallest absolute Gasteiger partial charge is 0.320 e. The first-order chi connectivity index (χ1) is 6.50. The van der Waals surface area contributed by atoms with Gasteiger partial charge in [-0.05, 0) is 12.3 Å².